The van der Waals surface area contributed by atoms with Crippen LogP contribution in [0.1, 0.15) is 11.1 Å². The number of rotatable bonds is 5. The fraction of sp³-hybridized carbons (Fsp3) is 0.158. The highest BCUT2D eigenvalue weighted by atomic mass is 79.9. The average molecular weight is 403 g/mol. The molecular formula is C19H16BrFN2O2. The fourth-order valence-electron chi connectivity index (χ4n) is 2.02. The van der Waals surface area contributed by atoms with Gasteiger partial charge in [-0.05, 0) is 57.4 Å². The first-order valence-electron chi connectivity index (χ1n) is 7.41. The highest BCUT2D eigenvalue weighted by Crippen LogP contribution is 2.28. The third-order valence-electron chi connectivity index (χ3n) is 3.33. The van der Waals surface area contributed by atoms with Gasteiger partial charge in [0.05, 0.1) is 4.47 Å². The topological polar surface area (TPSA) is 53.3 Å². The fourth-order valence-corrected chi connectivity index (χ4v) is 2.53. The van der Waals surface area contributed by atoms with E-state index in [1.54, 1.807) is 44.4 Å². The summed E-state index contributed by atoms with van der Waals surface area (Å²) in [6, 6.07) is 13.3. The standard InChI is InChI=1S/C19H16BrFN2O2/c1-23(2)19(24)15(11-22)9-14-5-8-18(17(20)10-14)25-12-13-3-6-16(21)7-4-13/h3-10H,12H2,1-2H3/b15-9-. The van der Waals surface area contributed by atoms with E-state index in [4.69, 9.17) is 10.00 Å². The molecule has 0 fully saturated rings. The molecule has 0 spiro atoms. The van der Waals surface area contributed by atoms with Crippen molar-refractivity contribution in [1.82, 2.24) is 4.90 Å². The molecule has 0 aliphatic heterocycles. The smallest absolute Gasteiger partial charge is 0.264 e. The Hall–Kier alpha value is -2.65. The molecule has 1 amide bonds. The summed E-state index contributed by atoms with van der Waals surface area (Å²) in [5.41, 5.74) is 1.60. The number of halogens is 2. The van der Waals surface area contributed by atoms with E-state index in [1.807, 2.05) is 6.07 Å². The van der Waals surface area contributed by atoms with Crippen LogP contribution >= 0.6 is 15.9 Å². The summed E-state index contributed by atoms with van der Waals surface area (Å²) in [4.78, 5) is 13.2. The molecule has 0 bridgehead atoms. The molecule has 0 saturated carbocycles. The Balaban J connectivity index is 2.13. The normalized spacial score (nSPS) is 10.9. The predicted octanol–water partition coefficient (Wildman–Crippen LogP) is 4.16. The summed E-state index contributed by atoms with van der Waals surface area (Å²) in [5, 5.41) is 9.13. The molecule has 0 atom stereocenters. The minimum absolute atomic E-state index is 0.0527. The van der Waals surface area contributed by atoms with Crippen molar-refractivity contribution in [2.24, 2.45) is 0 Å². The van der Waals surface area contributed by atoms with Crippen molar-refractivity contribution in [2.45, 2.75) is 6.61 Å². The second kappa shape index (κ2) is 8.45. The number of carbonyl (C=O) groups excluding carboxylic acids is 1. The van der Waals surface area contributed by atoms with Gasteiger partial charge in [0, 0.05) is 14.1 Å². The van der Waals surface area contributed by atoms with E-state index < -0.39 is 0 Å². The Kier molecular flexibility index (Phi) is 6.31. The second-order valence-electron chi connectivity index (χ2n) is 5.47. The summed E-state index contributed by atoms with van der Waals surface area (Å²) in [5.74, 6) is -0.0317. The van der Waals surface area contributed by atoms with Crippen LogP contribution in [0.3, 0.4) is 0 Å². The molecule has 0 saturated heterocycles. The lowest BCUT2D eigenvalue weighted by Crippen LogP contribution is -2.22. The first-order valence-corrected chi connectivity index (χ1v) is 8.20. The van der Waals surface area contributed by atoms with Gasteiger partial charge in [-0.1, -0.05) is 18.2 Å². The van der Waals surface area contributed by atoms with Gasteiger partial charge >= 0.3 is 0 Å². The lowest BCUT2D eigenvalue weighted by Gasteiger charge is -2.10. The van der Waals surface area contributed by atoms with Crippen molar-refractivity contribution in [1.29, 1.82) is 5.26 Å². The number of hydrogen-bond acceptors (Lipinski definition) is 3. The molecule has 0 N–H and O–H groups in total. The summed E-state index contributed by atoms with van der Waals surface area (Å²) in [6.07, 6.45) is 1.52. The lowest BCUT2D eigenvalue weighted by molar-refractivity contribution is -0.124. The summed E-state index contributed by atoms with van der Waals surface area (Å²) in [7, 11) is 3.19. The van der Waals surface area contributed by atoms with Crippen LogP contribution in [0.2, 0.25) is 0 Å². The second-order valence-corrected chi connectivity index (χ2v) is 6.33. The number of benzene rings is 2. The SMILES string of the molecule is CN(C)C(=O)/C(C#N)=C\c1ccc(OCc2ccc(F)cc2)c(Br)c1. The zero-order chi connectivity index (χ0) is 18.4. The molecule has 0 aromatic heterocycles. The van der Waals surface area contributed by atoms with Crippen LogP contribution in [0.4, 0.5) is 4.39 Å². The maximum absolute atomic E-state index is 12.9. The first kappa shape index (κ1) is 18.7. The highest BCUT2D eigenvalue weighted by Gasteiger charge is 2.11. The Morgan fingerprint density at radius 1 is 1.28 bits per heavy atom. The van der Waals surface area contributed by atoms with Gasteiger partial charge in [0.25, 0.3) is 5.91 Å². The van der Waals surface area contributed by atoms with Crippen LogP contribution < -0.4 is 4.74 Å². The van der Waals surface area contributed by atoms with Crippen molar-refractivity contribution in [2.75, 3.05) is 14.1 Å². The summed E-state index contributed by atoms with van der Waals surface area (Å²) >= 11 is 3.42. The highest BCUT2D eigenvalue weighted by molar-refractivity contribution is 9.10. The van der Waals surface area contributed by atoms with Gasteiger partial charge in [-0.2, -0.15) is 5.26 Å². The average Bonchev–Trinajstić information content (AvgIpc) is 2.59. The predicted molar refractivity (Wildman–Crippen MR) is 97.2 cm³/mol. The van der Waals surface area contributed by atoms with Crippen molar-refractivity contribution >= 4 is 27.9 Å². The monoisotopic (exact) mass is 402 g/mol. The molecule has 2 aromatic rings. The number of likely N-dealkylation sites (N-methyl/N-ethyl adjacent to an activating group) is 1. The van der Waals surface area contributed by atoms with Crippen molar-refractivity contribution in [3.63, 3.8) is 0 Å². The molecule has 0 aliphatic carbocycles. The van der Waals surface area contributed by atoms with Gasteiger partial charge < -0.3 is 9.64 Å². The van der Waals surface area contributed by atoms with E-state index >= 15 is 0 Å². The van der Waals surface area contributed by atoms with Gasteiger partial charge in [0.2, 0.25) is 0 Å². The number of ether oxygens (including phenoxy) is 1. The quantitative estimate of drug-likeness (QED) is 0.557. The molecule has 2 rings (SSSR count). The van der Waals surface area contributed by atoms with Crippen LogP contribution in [-0.4, -0.2) is 24.9 Å². The van der Waals surface area contributed by atoms with Crippen molar-refractivity contribution < 1.29 is 13.9 Å². The van der Waals surface area contributed by atoms with Gasteiger partial charge in [0.15, 0.2) is 0 Å². The van der Waals surface area contributed by atoms with Gasteiger partial charge in [-0.25, -0.2) is 4.39 Å². The van der Waals surface area contributed by atoms with E-state index in [9.17, 15) is 9.18 Å². The Morgan fingerprint density at radius 2 is 1.96 bits per heavy atom. The Bertz CT molecular complexity index is 839. The third-order valence-corrected chi connectivity index (χ3v) is 3.95. The van der Waals surface area contributed by atoms with E-state index in [2.05, 4.69) is 15.9 Å². The van der Waals surface area contributed by atoms with E-state index in [1.165, 1.54) is 23.1 Å². The number of nitriles is 1. The zero-order valence-corrected chi connectivity index (χ0v) is 15.4. The summed E-state index contributed by atoms with van der Waals surface area (Å²) in [6.45, 7) is 0.302. The van der Waals surface area contributed by atoms with Crippen molar-refractivity contribution in [3.05, 3.63) is 69.5 Å². The van der Waals surface area contributed by atoms with E-state index in [-0.39, 0.29) is 17.3 Å². The minimum atomic E-state index is -0.352. The van der Waals surface area contributed by atoms with Gasteiger partial charge in [-0.15, -0.1) is 0 Å². The van der Waals surface area contributed by atoms with Crippen LogP contribution in [-0.2, 0) is 11.4 Å². The largest absolute Gasteiger partial charge is 0.488 e. The van der Waals surface area contributed by atoms with Crippen LogP contribution in [0, 0.1) is 17.1 Å². The number of carbonyl (C=O) groups is 1. The Morgan fingerprint density at radius 3 is 2.52 bits per heavy atom. The molecule has 6 heteroatoms. The first-order chi connectivity index (χ1) is 11.9. The molecule has 0 radical (unpaired) electrons. The minimum Gasteiger partial charge on any atom is -0.488 e. The summed E-state index contributed by atoms with van der Waals surface area (Å²) < 4.78 is 19.3. The molecular weight excluding hydrogens is 387 g/mol. The number of amides is 1. The third kappa shape index (κ3) is 5.16. The Labute approximate surface area is 154 Å². The maximum atomic E-state index is 12.9. The van der Waals surface area contributed by atoms with Crippen LogP contribution in [0.25, 0.3) is 6.08 Å². The molecule has 2 aromatic carbocycles. The number of hydrogen-bond donors (Lipinski definition) is 0. The molecule has 25 heavy (non-hydrogen) atoms. The van der Waals surface area contributed by atoms with E-state index in [0.29, 0.717) is 22.4 Å². The van der Waals surface area contributed by atoms with E-state index in [0.717, 1.165) is 5.56 Å². The van der Waals surface area contributed by atoms with Crippen LogP contribution in [0.5, 0.6) is 5.75 Å². The lowest BCUT2D eigenvalue weighted by atomic mass is 10.1. The molecule has 128 valence electrons. The maximum Gasteiger partial charge on any atom is 0.264 e. The van der Waals surface area contributed by atoms with Crippen molar-refractivity contribution in [3.8, 4) is 11.8 Å². The van der Waals surface area contributed by atoms with Gasteiger partial charge in [0.1, 0.15) is 29.8 Å². The molecule has 0 unspecified atom stereocenters. The number of nitrogens with zero attached hydrogens (tertiary/aromatic N) is 2. The molecule has 0 heterocycles. The molecule has 4 nitrogen and oxygen atoms in total. The molecule has 0 aliphatic rings. The van der Waals surface area contributed by atoms with Gasteiger partial charge in [-0.3, -0.25) is 4.79 Å². The van der Waals surface area contributed by atoms with Crippen LogP contribution in [0.15, 0.2) is 52.5 Å². The zero-order valence-electron chi connectivity index (χ0n) is 13.8.